The largest absolute Gasteiger partial charge is 0.456 e. The van der Waals surface area contributed by atoms with Crippen LogP contribution >= 0.6 is 0 Å². The summed E-state index contributed by atoms with van der Waals surface area (Å²) in [6.07, 6.45) is 0. The lowest BCUT2D eigenvalue weighted by Crippen LogP contribution is -2.05. The summed E-state index contributed by atoms with van der Waals surface area (Å²) in [4.78, 5) is 0. The standard InChI is InChI=1S/C64H34N4O2.C2H6/c65-35-37-29-57(67-53-25-21-40(31-50(53)63-44-11-3-1-9-38(44)19-27-55(63)67)42-17-23-48-46-13-5-7-15-59(46)69-61(48)33-42)52(36-66)58(30-37)68-54-26-22-41(32-51(54)64-45-12-4-2-10-39(45)20-28-56(64)68)43-18-24-49-47-14-6-8-16-60(47)70-62(49)34-43;1-2/h1-34H;1-2H3. The van der Waals surface area contributed by atoms with Gasteiger partial charge in [-0.15, -0.1) is 0 Å². The van der Waals surface area contributed by atoms with Crippen molar-refractivity contribution in [3.05, 3.63) is 217 Å². The number of furan rings is 2. The number of aromatic nitrogens is 2. The van der Waals surface area contributed by atoms with Gasteiger partial charge in [0.2, 0.25) is 0 Å². The van der Waals surface area contributed by atoms with E-state index in [1.807, 2.05) is 62.4 Å². The zero-order valence-corrected chi connectivity index (χ0v) is 39.2. The molecule has 0 aliphatic rings. The topological polar surface area (TPSA) is 83.7 Å². The molecule has 0 bridgehead atoms. The Bertz CT molecular complexity index is 4580. The molecule has 0 fully saturated rings. The molecule has 0 aliphatic heterocycles. The molecule has 0 saturated heterocycles. The molecule has 15 rings (SSSR count). The third-order valence-corrected chi connectivity index (χ3v) is 14.6. The molecule has 0 saturated carbocycles. The number of fused-ring (bicyclic) bond motifs is 16. The van der Waals surface area contributed by atoms with E-state index in [4.69, 9.17) is 8.83 Å². The molecule has 6 nitrogen and oxygen atoms in total. The lowest BCUT2D eigenvalue weighted by Gasteiger charge is -2.17. The third kappa shape index (κ3) is 5.94. The summed E-state index contributed by atoms with van der Waals surface area (Å²) in [6, 6.07) is 76.7. The van der Waals surface area contributed by atoms with E-state index in [1.54, 1.807) is 0 Å². The smallest absolute Gasteiger partial charge is 0.136 e. The van der Waals surface area contributed by atoms with E-state index in [2.05, 4.69) is 179 Å². The molecule has 0 unspecified atom stereocenters. The van der Waals surface area contributed by atoms with Crippen LogP contribution in [-0.2, 0) is 0 Å². The zero-order chi connectivity index (χ0) is 48.2. The van der Waals surface area contributed by atoms with E-state index in [0.717, 1.165) is 131 Å². The Morgan fingerprint density at radius 3 is 1.18 bits per heavy atom. The molecule has 0 radical (unpaired) electrons. The zero-order valence-electron chi connectivity index (χ0n) is 39.2. The quantitative estimate of drug-likeness (QED) is 0.176. The van der Waals surface area contributed by atoms with Crippen LogP contribution in [0.25, 0.3) is 143 Å². The number of para-hydroxylation sites is 2. The average molecular weight is 921 g/mol. The van der Waals surface area contributed by atoms with Gasteiger partial charge in [-0.1, -0.05) is 135 Å². The van der Waals surface area contributed by atoms with E-state index in [9.17, 15) is 10.5 Å². The molecule has 6 heteroatoms. The van der Waals surface area contributed by atoms with Crippen LogP contribution in [0.2, 0.25) is 0 Å². The molecule has 0 amide bonds. The predicted octanol–water partition coefficient (Wildman–Crippen LogP) is 18.1. The van der Waals surface area contributed by atoms with Crippen LogP contribution in [0.5, 0.6) is 0 Å². The second-order valence-electron chi connectivity index (χ2n) is 18.2. The maximum absolute atomic E-state index is 11.6. The molecule has 336 valence electrons. The third-order valence-electron chi connectivity index (χ3n) is 14.6. The summed E-state index contributed by atoms with van der Waals surface area (Å²) in [6.45, 7) is 4.00. The molecule has 0 aliphatic carbocycles. The van der Waals surface area contributed by atoms with Gasteiger partial charge in [-0.25, -0.2) is 0 Å². The molecule has 15 aromatic rings. The molecule has 72 heavy (non-hydrogen) atoms. The first-order valence-corrected chi connectivity index (χ1v) is 24.3. The maximum Gasteiger partial charge on any atom is 0.136 e. The van der Waals surface area contributed by atoms with Crippen molar-refractivity contribution >= 4 is 109 Å². The SMILES string of the molecule is CC.N#Cc1cc(-n2c3ccc(-c4ccc5c(c4)oc4ccccc45)cc3c3c4ccccc4ccc32)c(C#N)c(-n2c3ccc(-c4ccc5c(c4)oc4ccccc45)cc3c3c4ccccc4ccc32)c1. The first kappa shape index (κ1) is 41.1. The van der Waals surface area contributed by atoms with Crippen molar-refractivity contribution in [2.75, 3.05) is 0 Å². The molecule has 11 aromatic carbocycles. The number of hydrogen-bond donors (Lipinski definition) is 0. The predicted molar refractivity (Wildman–Crippen MR) is 296 cm³/mol. The van der Waals surface area contributed by atoms with Gasteiger partial charge < -0.3 is 18.0 Å². The number of benzene rings is 11. The molecule has 0 N–H and O–H groups in total. The van der Waals surface area contributed by atoms with Gasteiger partial charge in [-0.05, 0) is 129 Å². The van der Waals surface area contributed by atoms with Crippen LogP contribution in [0.3, 0.4) is 0 Å². The van der Waals surface area contributed by atoms with Gasteiger partial charge in [0.15, 0.2) is 0 Å². The number of hydrogen-bond acceptors (Lipinski definition) is 4. The lowest BCUT2D eigenvalue weighted by molar-refractivity contribution is 0.668. The van der Waals surface area contributed by atoms with Gasteiger partial charge in [0.1, 0.15) is 34.0 Å². The van der Waals surface area contributed by atoms with Crippen molar-refractivity contribution in [3.8, 4) is 45.8 Å². The lowest BCUT2D eigenvalue weighted by atomic mass is 9.99. The fourth-order valence-corrected chi connectivity index (χ4v) is 11.4. The minimum absolute atomic E-state index is 0.446. The van der Waals surface area contributed by atoms with E-state index in [1.165, 1.54) is 0 Å². The van der Waals surface area contributed by atoms with Crippen molar-refractivity contribution < 1.29 is 8.83 Å². The molecule has 0 atom stereocenters. The van der Waals surface area contributed by atoms with E-state index >= 15 is 0 Å². The van der Waals surface area contributed by atoms with Crippen LogP contribution in [0.1, 0.15) is 25.0 Å². The van der Waals surface area contributed by atoms with Gasteiger partial charge in [0, 0.05) is 43.1 Å². The average Bonchev–Trinajstić information content (AvgIpc) is 4.20. The van der Waals surface area contributed by atoms with Crippen molar-refractivity contribution in [3.63, 3.8) is 0 Å². The molecular weight excluding hydrogens is 881 g/mol. The Morgan fingerprint density at radius 2 is 0.722 bits per heavy atom. The Balaban J connectivity index is 0.00000238. The maximum atomic E-state index is 11.6. The van der Waals surface area contributed by atoms with E-state index in [0.29, 0.717) is 22.5 Å². The normalized spacial score (nSPS) is 11.7. The minimum Gasteiger partial charge on any atom is -0.456 e. The summed E-state index contributed by atoms with van der Waals surface area (Å²) < 4.78 is 17.0. The Morgan fingerprint density at radius 1 is 0.333 bits per heavy atom. The Kier molecular flexibility index (Phi) is 9.04. The first-order valence-electron chi connectivity index (χ1n) is 24.3. The van der Waals surface area contributed by atoms with Crippen molar-refractivity contribution in [2.24, 2.45) is 0 Å². The molecule has 4 aromatic heterocycles. The summed E-state index contributed by atoms with van der Waals surface area (Å²) in [5.74, 6) is 0. The van der Waals surface area contributed by atoms with Crippen LogP contribution in [-0.4, -0.2) is 9.13 Å². The highest BCUT2D eigenvalue weighted by Crippen LogP contribution is 2.44. The second kappa shape index (κ2) is 15.8. The molecule has 0 spiro atoms. The summed E-state index contributed by atoms with van der Waals surface area (Å²) in [5.41, 5.74) is 13.5. The number of nitrogens with zero attached hydrogens (tertiary/aromatic N) is 4. The fourth-order valence-electron chi connectivity index (χ4n) is 11.4. The Labute approximate surface area is 412 Å². The summed E-state index contributed by atoms with van der Waals surface area (Å²) >= 11 is 0. The van der Waals surface area contributed by atoms with Gasteiger partial charge in [0.05, 0.1) is 45.1 Å². The highest BCUT2D eigenvalue weighted by Gasteiger charge is 2.24. The fraction of sp³-hybridized carbons (Fsp3) is 0.0303. The highest BCUT2D eigenvalue weighted by molar-refractivity contribution is 6.24. The van der Waals surface area contributed by atoms with Gasteiger partial charge in [0.25, 0.3) is 0 Å². The van der Waals surface area contributed by atoms with Crippen molar-refractivity contribution in [2.45, 2.75) is 13.8 Å². The van der Waals surface area contributed by atoms with Crippen LogP contribution in [0.15, 0.2) is 215 Å². The van der Waals surface area contributed by atoms with E-state index in [-0.39, 0.29) is 0 Å². The minimum atomic E-state index is 0.446. The number of nitriles is 2. The summed E-state index contributed by atoms with van der Waals surface area (Å²) in [7, 11) is 0. The second-order valence-corrected chi connectivity index (χ2v) is 18.2. The Hall–Kier alpha value is -9.88. The monoisotopic (exact) mass is 920 g/mol. The highest BCUT2D eigenvalue weighted by atomic mass is 16.3. The first-order chi connectivity index (χ1) is 35.6. The molecular formula is C66H40N4O2. The van der Waals surface area contributed by atoms with Crippen molar-refractivity contribution in [1.82, 2.24) is 9.13 Å². The van der Waals surface area contributed by atoms with E-state index < -0.39 is 0 Å². The van der Waals surface area contributed by atoms with Gasteiger partial charge in [-0.2, -0.15) is 10.5 Å². The number of rotatable bonds is 4. The molecule has 4 heterocycles. The van der Waals surface area contributed by atoms with Gasteiger partial charge >= 0.3 is 0 Å². The summed E-state index contributed by atoms with van der Waals surface area (Å²) in [5, 5.41) is 35.5. The van der Waals surface area contributed by atoms with Crippen molar-refractivity contribution in [1.29, 1.82) is 10.5 Å². The van der Waals surface area contributed by atoms with Crippen LogP contribution < -0.4 is 0 Å². The van der Waals surface area contributed by atoms with Gasteiger partial charge in [-0.3, -0.25) is 0 Å². The van der Waals surface area contributed by atoms with Crippen LogP contribution in [0.4, 0.5) is 0 Å². The van der Waals surface area contributed by atoms with Crippen LogP contribution in [0, 0.1) is 22.7 Å².